The van der Waals surface area contributed by atoms with Crippen molar-refractivity contribution in [3.8, 4) is 5.75 Å². The molecule has 1 aliphatic heterocycles. The fourth-order valence-electron chi connectivity index (χ4n) is 2.32. The zero-order valence-corrected chi connectivity index (χ0v) is 12.1. The highest BCUT2D eigenvalue weighted by atomic mass is 32.2. The summed E-state index contributed by atoms with van der Waals surface area (Å²) in [7, 11) is -2.24. The molecule has 0 saturated heterocycles. The van der Waals surface area contributed by atoms with E-state index in [9.17, 15) is 13.2 Å². The first-order valence-corrected chi connectivity index (χ1v) is 7.77. The van der Waals surface area contributed by atoms with Crippen LogP contribution < -0.4 is 9.04 Å². The molecule has 0 atom stereocenters. The zero-order chi connectivity index (χ0) is 15.0. The number of hydrogen-bond donors (Lipinski definition) is 0. The Bertz CT molecular complexity index is 797. The van der Waals surface area contributed by atoms with Crippen LogP contribution in [0, 0.1) is 0 Å². The number of nitrogens with zero attached hydrogens (tertiary/aromatic N) is 1. The van der Waals surface area contributed by atoms with Gasteiger partial charge < -0.3 is 4.74 Å². The summed E-state index contributed by atoms with van der Waals surface area (Å²) in [4.78, 5) is 12.1. The van der Waals surface area contributed by atoms with Gasteiger partial charge in [0, 0.05) is 5.56 Å². The summed E-state index contributed by atoms with van der Waals surface area (Å²) >= 11 is 0. The van der Waals surface area contributed by atoms with Crippen molar-refractivity contribution in [1.29, 1.82) is 0 Å². The van der Waals surface area contributed by atoms with Crippen LogP contribution in [0.15, 0.2) is 53.4 Å². The molecule has 0 aliphatic carbocycles. The zero-order valence-electron chi connectivity index (χ0n) is 11.3. The third-order valence-corrected chi connectivity index (χ3v) is 5.18. The average Bonchev–Trinajstić information content (AvgIpc) is 2.86. The SMILES string of the molecule is COc1ccc(S(=O)(=O)N2CC(=O)c3ccccc32)cc1. The van der Waals surface area contributed by atoms with Crippen molar-refractivity contribution < 1.29 is 17.9 Å². The molecule has 0 saturated carbocycles. The number of para-hydroxylation sites is 1. The van der Waals surface area contributed by atoms with E-state index in [1.807, 2.05) is 0 Å². The topological polar surface area (TPSA) is 63.7 Å². The first-order chi connectivity index (χ1) is 10.0. The Balaban J connectivity index is 2.05. The fourth-order valence-corrected chi connectivity index (χ4v) is 3.76. The second-order valence-corrected chi connectivity index (χ2v) is 6.49. The number of carbonyl (C=O) groups excluding carboxylic acids is 1. The van der Waals surface area contributed by atoms with E-state index < -0.39 is 10.0 Å². The van der Waals surface area contributed by atoms with Crippen molar-refractivity contribution in [3.63, 3.8) is 0 Å². The van der Waals surface area contributed by atoms with Crippen molar-refractivity contribution in [3.05, 3.63) is 54.1 Å². The van der Waals surface area contributed by atoms with Crippen LogP contribution in [0.25, 0.3) is 0 Å². The molecule has 0 amide bonds. The summed E-state index contributed by atoms with van der Waals surface area (Å²) in [5.41, 5.74) is 0.868. The molecule has 2 aromatic rings. The van der Waals surface area contributed by atoms with Gasteiger partial charge in [-0.1, -0.05) is 12.1 Å². The molecule has 0 bridgehead atoms. The number of anilines is 1. The van der Waals surface area contributed by atoms with E-state index in [1.165, 1.54) is 19.2 Å². The summed E-state index contributed by atoms with van der Waals surface area (Å²) in [6, 6.07) is 12.8. The summed E-state index contributed by atoms with van der Waals surface area (Å²) in [5.74, 6) is 0.384. The largest absolute Gasteiger partial charge is 0.497 e. The predicted octanol–water partition coefficient (Wildman–Crippen LogP) is 2.09. The Morgan fingerprint density at radius 1 is 1.05 bits per heavy atom. The van der Waals surface area contributed by atoms with Gasteiger partial charge in [-0.3, -0.25) is 9.10 Å². The summed E-state index contributed by atoms with van der Waals surface area (Å²) in [5, 5.41) is 0. The summed E-state index contributed by atoms with van der Waals surface area (Å²) < 4.78 is 31.5. The molecule has 0 fully saturated rings. The molecule has 0 aromatic heterocycles. The smallest absolute Gasteiger partial charge is 0.264 e. The number of methoxy groups -OCH3 is 1. The van der Waals surface area contributed by atoms with E-state index in [1.54, 1.807) is 36.4 Å². The molecule has 6 heteroatoms. The van der Waals surface area contributed by atoms with Crippen molar-refractivity contribution in [1.82, 2.24) is 0 Å². The molecule has 3 rings (SSSR count). The maximum absolute atomic E-state index is 12.7. The molecule has 0 spiro atoms. The second-order valence-electron chi connectivity index (χ2n) is 4.63. The van der Waals surface area contributed by atoms with Gasteiger partial charge in [0.25, 0.3) is 10.0 Å². The van der Waals surface area contributed by atoms with Gasteiger partial charge >= 0.3 is 0 Å². The van der Waals surface area contributed by atoms with Crippen LogP contribution in [0.4, 0.5) is 5.69 Å². The molecule has 21 heavy (non-hydrogen) atoms. The molecule has 2 aromatic carbocycles. The Hall–Kier alpha value is -2.34. The lowest BCUT2D eigenvalue weighted by atomic mass is 10.1. The quantitative estimate of drug-likeness (QED) is 0.871. The van der Waals surface area contributed by atoms with E-state index in [2.05, 4.69) is 0 Å². The van der Waals surface area contributed by atoms with Crippen LogP contribution in [-0.2, 0) is 10.0 Å². The molecule has 0 unspecified atom stereocenters. The van der Waals surface area contributed by atoms with Crippen molar-refractivity contribution in [2.75, 3.05) is 18.0 Å². The summed E-state index contributed by atoms with van der Waals surface area (Å²) in [6.45, 7) is -0.159. The predicted molar refractivity (Wildman–Crippen MR) is 78.3 cm³/mol. The van der Waals surface area contributed by atoms with Crippen molar-refractivity contribution >= 4 is 21.5 Å². The highest BCUT2D eigenvalue weighted by Crippen LogP contribution is 2.32. The van der Waals surface area contributed by atoms with Crippen LogP contribution >= 0.6 is 0 Å². The number of rotatable bonds is 3. The van der Waals surface area contributed by atoms with E-state index in [0.29, 0.717) is 17.0 Å². The lowest BCUT2D eigenvalue weighted by Crippen LogP contribution is -2.30. The molecule has 1 aliphatic rings. The molecule has 0 N–H and O–H groups in total. The van der Waals surface area contributed by atoms with E-state index in [4.69, 9.17) is 4.74 Å². The van der Waals surface area contributed by atoms with Crippen LogP contribution in [0.1, 0.15) is 10.4 Å². The lowest BCUT2D eigenvalue weighted by molar-refractivity contribution is 0.101. The number of carbonyl (C=O) groups is 1. The third kappa shape index (κ3) is 2.17. The molecule has 1 heterocycles. The first-order valence-electron chi connectivity index (χ1n) is 6.33. The van der Waals surface area contributed by atoms with Gasteiger partial charge in [0.15, 0.2) is 5.78 Å². The van der Waals surface area contributed by atoms with Gasteiger partial charge in [-0.15, -0.1) is 0 Å². The number of Topliss-reactive ketones (excluding diaryl/α,β-unsaturated/α-hetero) is 1. The number of benzene rings is 2. The standard InChI is InChI=1S/C15H13NO4S/c1-20-11-6-8-12(9-7-11)21(18,19)16-10-15(17)13-4-2-3-5-14(13)16/h2-9H,10H2,1H3. The first kappa shape index (κ1) is 13.6. The van der Waals surface area contributed by atoms with Gasteiger partial charge in [0.1, 0.15) is 5.75 Å². The Labute approximate surface area is 122 Å². The second kappa shape index (κ2) is 4.89. The van der Waals surface area contributed by atoms with E-state index in [-0.39, 0.29) is 17.2 Å². The van der Waals surface area contributed by atoms with Crippen LogP contribution in [0.3, 0.4) is 0 Å². The Kier molecular flexibility index (Phi) is 3.17. The fraction of sp³-hybridized carbons (Fsp3) is 0.133. The molecule has 0 radical (unpaired) electrons. The highest BCUT2D eigenvalue weighted by molar-refractivity contribution is 7.93. The van der Waals surface area contributed by atoms with Gasteiger partial charge in [-0.2, -0.15) is 0 Å². The van der Waals surface area contributed by atoms with Gasteiger partial charge in [-0.05, 0) is 36.4 Å². The number of sulfonamides is 1. The molecular weight excluding hydrogens is 290 g/mol. The minimum absolute atomic E-state index is 0.132. The van der Waals surface area contributed by atoms with Crippen LogP contribution in [-0.4, -0.2) is 27.9 Å². The van der Waals surface area contributed by atoms with Crippen molar-refractivity contribution in [2.45, 2.75) is 4.90 Å². The van der Waals surface area contributed by atoms with E-state index >= 15 is 0 Å². The molecule has 5 nitrogen and oxygen atoms in total. The molecule has 108 valence electrons. The van der Waals surface area contributed by atoms with E-state index in [0.717, 1.165) is 4.31 Å². The number of hydrogen-bond acceptors (Lipinski definition) is 4. The highest BCUT2D eigenvalue weighted by Gasteiger charge is 2.35. The molecular formula is C15H13NO4S. The van der Waals surface area contributed by atoms with Crippen LogP contribution in [0.5, 0.6) is 5.75 Å². The maximum atomic E-state index is 12.7. The number of ether oxygens (including phenoxy) is 1. The minimum Gasteiger partial charge on any atom is -0.497 e. The third-order valence-electron chi connectivity index (χ3n) is 3.41. The lowest BCUT2D eigenvalue weighted by Gasteiger charge is -2.18. The van der Waals surface area contributed by atoms with Crippen LogP contribution in [0.2, 0.25) is 0 Å². The summed E-state index contributed by atoms with van der Waals surface area (Å²) in [6.07, 6.45) is 0. The van der Waals surface area contributed by atoms with Gasteiger partial charge in [-0.25, -0.2) is 8.42 Å². The number of fused-ring (bicyclic) bond motifs is 1. The Morgan fingerprint density at radius 3 is 2.38 bits per heavy atom. The van der Waals surface area contributed by atoms with Gasteiger partial charge in [0.2, 0.25) is 0 Å². The maximum Gasteiger partial charge on any atom is 0.264 e. The average molecular weight is 303 g/mol. The number of ketones is 1. The Morgan fingerprint density at radius 2 is 1.71 bits per heavy atom. The van der Waals surface area contributed by atoms with Gasteiger partial charge in [0.05, 0.1) is 24.2 Å². The normalized spacial score (nSPS) is 14.1. The van der Waals surface area contributed by atoms with Crippen molar-refractivity contribution in [2.24, 2.45) is 0 Å². The minimum atomic E-state index is -3.75. The monoisotopic (exact) mass is 303 g/mol.